The van der Waals surface area contributed by atoms with Crippen molar-refractivity contribution in [3.05, 3.63) is 573 Å². The number of rotatable bonds is 15. The topological polar surface area (TPSA) is 22.9 Å². The van der Waals surface area contributed by atoms with Crippen molar-refractivity contribution >= 4 is 200 Å². The summed E-state index contributed by atoms with van der Waals surface area (Å²) in [4.78, 5) is 7.18. The highest BCUT2D eigenvalue weighted by Gasteiger charge is 2.48. The maximum atomic E-state index is 6.54. The van der Waals surface area contributed by atoms with Gasteiger partial charge in [-0.3, -0.25) is 0 Å². The van der Waals surface area contributed by atoms with Crippen molar-refractivity contribution in [2.45, 2.75) is 24.7 Å². The Kier molecular flexibility index (Phi) is 21.8. The minimum absolute atomic E-state index is 0.0237. The van der Waals surface area contributed by atoms with Crippen LogP contribution in [0.2, 0.25) is 0 Å². The Morgan fingerprint density at radius 2 is 0.597 bits per heavy atom. The van der Waals surface area contributed by atoms with Crippen LogP contribution in [0.25, 0.3) is 182 Å². The summed E-state index contributed by atoms with van der Waals surface area (Å²) in [6, 6.07) is 197. The Morgan fingerprint density at radius 1 is 0.195 bits per heavy atom. The second-order valence-electron chi connectivity index (χ2n) is 39.5. The van der Waals surface area contributed by atoms with Gasteiger partial charge in [-0.15, -0.1) is 34.0 Å². The molecule has 28 aromatic rings. The first kappa shape index (κ1) is 88.6. The average molecular weight is 1960 g/mol. The molecule has 0 N–H and O–H groups in total. The van der Waals surface area contributed by atoms with Gasteiger partial charge in [-0.2, -0.15) is 0 Å². The van der Waals surface area contributed by atoms with Gasteiger partial charge in [0.2, 0.25) is 0 Å². The van der Waals surface area contributed by atoms with Crippen LogP contribution in [0.3, 0.4) is 0 Å². The molecule has 0 bridgehead atoms. The van der Waals surface area contributed by atoms with Crippen LogP contribution >= 0.6 is 34.0 Å². The van der Waals surface area contributed by atoms with Crippen LogP contribution in [0.4, 0.5) is 51.2 Å². The van der Waals surface area contributed by atoms with Crippen molar-refractivity contribution in [1.29, 1.82) is 0 Å². The molecule has 7 heteroatoms. The van der Waals surface area contributed by atoms with Gasteiger partial charge in [-0.25, -0.2) is 0 Å². The number of benzene rings is 24. The van der Waals surface area contributed by atoms with Crippen LogP contribution in [0, 0.1) is 0 Å². The van der Waals surface area contributed by atoms with E-state index < -0.39 is 5.41 Å². The molecule has 702 valence electrons. The van der Waals surface area contributed by atoms with E-state index in [1.807, 2.05) is 40.1 Å². The lowest BCUT2D eigenvalue weighted by molar-refractivity contribution is 0.660. The summed E-state index contributed by atoms with van der Waals surface area (Å²) in [6.45, 7) is 4.66. The van der Waals surface area contributed by atoms with Crippen LogP contribution in [0.5, 0.6) is 0 Å². The maximum absolute atomic E-state index is 6.54. The molecule has 0 aliphatic heterocycles. The third kappa shape index (κ3) is 15.0. The van der Waals surface area contributed by atoms with Crippen molar-refractivity contribution in [1.82, 2.24) is 0 Å². The standard InChI is InChI=1S/C59H39NS.C43H31NO.C40H25NS2/c1-4-17-40(18-5-1)41-31-35-46(36-32-41)60(54-29-16-27-50-49-25-13-15-30-55(49)61-58(50)54)47-37-33-42(34-38-47)56-48-24-11-10-19-43(48)39-53-57(56)51-26-12-14-28-52(51)59(53,44-20-6-2-7-21-44)45-22-8-3-9-23-45;1-43(2)38-18-10-8-16-34(38)36-27-32(24-25-39(36)43)44(30-13-4-3-5-14-30)31-22-20-28(21-23-31)41-33-15-7-6-12-29(33)26-37-35-17-9-11-19-40(35)45-42(37)41;1-2-12-28(13-3-1)41(30-20-21-34-32-15-4-6-18-37(32)42-39(34)24-30)29-14-8-10-26(22-29)31-17-9-11-27-23-36-33-16-5-7-19-38(33)43-40(36)25-35(27)31/h1-39H;3-27H,1-2H3;1-25H. The summed E-state index contributed by atoms with van der Waals surface area (Å²) >= 11 is 5.61. The van der Waals surface area contributed by atoms with Crippen molar-refractivity contribution < 1.29 is 4.42 Å². The fraction of sp³-hybridized carbons (Fsp3) is 0.0282. The monoisotopic (exact) mass is 1950 g/mol. The quantitative estimate of drug-likeness (QED) is 0.102. The number of hydrogen-bond donors (Lipinski definition) is 0. The van der Waals surface area contributed by atoms with Crippen molar-refractivity contribution in [3.63, 3.8) is 0 Å². The van der Waals surface area contributed by atoms with Gasteiger partial charge >= 0.3 is 0 Å². The highest BCUT2D eigenvalue weighted by molar-refractivity contribution is 7.27. The predicted molar refractivity (Wildman–Crippen MR) is 638 cm³/mol. The van der Waals surface area contributed by atoms with Gasteiger partial charge in [0, 0.05) is 123 Å². The van der Waals surface area contributed by atoms with Crippen LogP contribution in [0.1, 0.15) is 47.2 Å². The third-order valence-corrected chi connectivity index (χ3v) is 34.3. The number of nitrogens with zero attached hydrogens (tertiary/aromatic N) is 3. The molecule has 2 aliphatic carbocycles. The number of thiophene rings is 3. The second-order valence-corrected chi connectivity index (χ2v) is 42.7. The third-order valence-electron chi connectivity index (χ3n) is 30.8. The highest BCUT2D eigenvalue weighted by Crippen LogP contribution is 2.61. The Morgan fingerprint density at radius 3 is 1.26 bits per heavy atom. The summed E-state index contributed by atoms with van der Waals surface area (Å²) in [6.07, 6.45) is 0. The fourth-order valence-electron chi connectivity index (χ4n) is 24.0. The Hall–Kier alpha value is -18.1. The number of para-hydroxylation sites is 3. The molecule has 0 saturated heterocycles. The molecular formula is C142H95N3OS3. The van der Waals surface area contributed by atoms with Gasteiger partial charge < -0.3 is 19.1 Å². The molecule has 2 aliphatic rings. The van der Waals surface area contributed by atoms with E-state index in [4.69, 9.17) is 4.42 Å². The lowest BCUT2D eigenvalue weighted by atomic mass is 9.67. The zero-order valence-electron chi connectivity index (χ0n) is 81.9. The van der Waals surface area contributed by atoms with Crippen LogP contribution < -0.4 is 14.7 Å². The summed E-state index contributed by atoms with van der Waals surface area (Å²) in [5.74, 6) is 0. The molecule has 30 rings (SSSR count). The number of furan rings is 1. The molecule has 0 spiro atoms. The summed E-state index contributed by atoms with van der Waals surface area (Å²) in [5.41, 5.74) is 34.4. The van der Waals surface area contributed by atoms with Gasteiger partial charge in [0.05, 0.1) is 15.8 Å². The first-order chi connectivity index (χ1) is 73.6. The molecule has 0 saturated carbocycles. The molecule has 4 heterocycles. The van der Waals surface area contributed by atoms with E-state index in [1.54, 1.807) is 0 Å². The zero-order chi connectivity index (χ0) is 98.8. The molecule has 0 amide bonds. The van der Waals surface area contributed by atoms with Gasteiger partial charge in [0.15, 0.2) is 0 Å². The molecule has 0 fully saturated rings. The smallest absolute Gasteiger partial charge is 0.143 e. The Labute approximate surface area is 876 Å². The zero-order valence-corrected chi connectivity index (χ0v) is 84.3. The molecule has 4 nitrogen and oxygen atoms in total. The highest BCUT2D eigenvalue weighted by atomic mass is 32.1. The average Bonchev–Trinajstić information content (AvgIpc) is 1.52. The van der Waals surface area contributed by atoms with E-state index >= 15 is 0 Å². The summed E-state index contributed by atoms with van der Waals surface area (Å²) in [7, 11) is 0. The van der Waals surface area contributed by atoms with Crippen molar-refractivity contribution in [2.75, 3.05) is 14.7 Å². The minimum Gasteiger partial charge on any atom is -0.455 e. The maximum Gasteiger partial charge on any atom is 0.143 e. The normalized spacial score (nSPS) is 12.6. The van der Waals surface area contributed by atoms with Gasteiger partial charge in [0.1, 0.15) is 11.2 Å². The van der Waals surface area contributed by atoms with Crippen molar-refractivity contribution in [2.24, 2.45) is 0 Å². The molecule has 24 aromatic carbocycles. The lowest BCUT2D eigenvalue weighted by Crippen LogP contribution is -2.28. The largest absolute Gasteiger partial charge is 0.455 e. The van der Waals surface area contributed by atoms with Gasteiger partial charge in [0.25, 0.3) is 0 Å². The molecule has 4 aromatic heterocycles. The first-order valence-electron chi connectivity index (χ1n) is 51.1. The van der Waals surface area contributed by atoms with Gasteiger partial charge in [-0.1, -0.05) is 402 Å². The molecule has 0 unspecified atom stereocenters. The summed E-state index contributed by atoms with van der Waals surface area (Å²) < 4.78 is 14.4. The Bertz CT molecular complexity index is 10000. The molecule has 0 atom stereocenters. The molecule has 0 radical (unpaired) electrons. The van der Waals surface area contributed by atoms with Gasteiger partial charge in [-0.05, 0) is 279 Å². The molecule has 149 heavy (non-hydrogen) atoms. The predicted octanol–water partition coefficient (Wildman–Crippen LogP) is 41.3. The number of anilines is 9. The summed E-state index contributed by atoms with van der Waals surface area (Å²) in [5, 5.41) is 17.6. The van der Waals surface area contributed by atoms with E-state index in [1.165, 1.54) is 188 Å². The minimum atomic E-state index is -0.487. The van der Waals surface area contributed by atoms with Crippen LogP contribution in [-0.2, 0) is 10.8 Å². The van der Waals surface area contributed by atoms with Crippen LogP contribution in [-0.4, -0.2) is 0 Å². The number of hydrogen-bond acceptors (Lipinski definition) is 7. The first-order valence-corrected chi connectivity index (χ1v) is 53.6. The molecular weight excluding hydrogens is 1860 g/mol. The van der Waals surface area contributed by atoms with E-state index in [0.717, 1.165) is 78.6 Å². The van der Waals surface area contributed by atoms with E-state index in [2.05, 4.69) is 562 Å². The second kappa shape index (κ2) is 36.6. The van der Waals surface area contributed by atoms with E-state index in [-0.39, 0.29) is 5.41 Å². The van der Waals surface area contributed by atoms with E-state index in [0.29, 0.717) is 0 Å². The lowest BCUT2D eigenvalue weighted by Gasteiger charge is -2.34. The Balaban J connectivity index is 0.000000110. The SMILES string of the molecule is CC1(C)c2ccccc2-c2cc(N(c3ccccc3)c3ccc(-c4c5ccccc5cc5c4oc4ccccc45)cc3)ccc21.c1ccc(-c2ccc(N(c3ccc(-c4c5c(cc6ccccc46)C(c4ccccc4)(c4ccccc4)c4ccccc4-5)cc3)c3cccc4c3sc3ccccc34)cc2)cc1.c1ccc(N(c2cccc(-c3cccc4cc5c(cc34)sc3ccccc35)c2)c2ccc3c(c2)sc2ccccc23)cc1. The van der Waals surface area contributed by atoms with E-state index in [9.17, 15) is 0 Å². The van der Waals surface area contributed by atoms with Crippen molar-refractivity contribution in [3.8, 4) is 66.8 Å². The number of fused-ring (bicyclic) bond motifs is 21. The van der Waals surface area contributed by atoms with Crippen LogP contribution in [0.15, 0.2) is 544 Å². The fourth-order valence-corrected chi connectivity index (χ4v) is 27.5.